The summed E-state index contributed by atoms with van der Waals surface area (Å²) in [4.78, 5) is 4.48. The summed E-state index contributed by atoms with van der Waals surface area (Å²) < 4.78 is 10.9. The minimum absolute atomic E-state index is 0.207. The van der Waals surface area contributed by atoms with E-state index in [9.17, 15) is 0 Å². The molecule has 0 saturated heterocycles. The number of fused-ring (bicyclic) bond motifs is 1. The van der Waals surface area contributed by atoms with Crippen LogP contribution in [-0.4, -0.2) is 18.6 Å². The lowest BCUT2D eigenvalue weighted by Gasteiger charge is -2.07. The maximum atomic E-state index is 5.74. The molecule has 0 spiro atoms. The number of nitrogens with zero attached hydrogens (tertiary/aromatic N) is 1. The molecule has 1 atom stereocenters. The van der Waals surface area contributed by atoms with Crippen LogP contribution in [0.3, 0.4) is 0 Å². The molecule has 92 valence electrons. The van der Waals surface area contributed by atoms with Gasteiger partial charge in [-0.05, 0) is 18.6 Å². The Morgan fingerprint density at radius 1 is 1.47 bits per heavy atom. The maximum absolute atomic E-state index is 5.74. The molecule has 4 nitrogen and oxygen atoms in total. The first-order valence-corrected chi connectivity index (χ1v) is 5.93. The van der Waals surface area contributed by atoms with Crippen molar-refractivity contribution >= 4 is 11.1 Å². The van der Waals surface area contributed by atoms with Crippen LogP contribution in [0.2, 0.25) is 0 Å². The average molecular weight is 234 g/mol. The Bertz CT molecular complexity index is 493. The Kier molecular flexibility index (Phi) is 3.64. The third-order valence-electron chi connectivity index (χ3n) is 2.88. The molecule has 1 unspecified atom stereocenters. The van der Waals surface area contributed by atoms with E-state index in [0.29, 0.717) is 6.54 Å². The van der Waals surface area contributed by atoms with Crippen molar-refractivity contribution in [3.8, 4) is 5.75 Å². The maximum Gasteiger partial charge on any atom is 0.199 e. The van der Waals surface area contributed by atoms with Crippen LogP contribution in [0.5, 0.6) is 5.75 Å². The van der Waals surface area contributed by atoms with Crippen molar-refractivity contribution in [3.05, 3.63) is 24.1 Å². The van der Waals surface area contributed by atoms with Gasteiger partial charge in [-0.3, -0.25) is 0 Å². The zero-order chi connectivity index (χ0) is 12.3. The molecule has 0 aliphatic rings. The van der Waals surface area contributed by atoms with Gasteiger partial charge < -0.3 is 14.9 Å². The third-order valence-corrected chi connectivity index (χ3v) is 2.88. The van der Waals surface area contributed by atoms with Gasteiger partial charge in [0.1, 0.15) is 11.3 Å². The molecule has 17 heavy (non-hydrogen) atoms. The number of hydrogen-bond acceptors (Lipinski definition) is 4. The summed E-state index contributed by atoms with van der Waals surface area (Å²) in [5.41, 5.74) is 7.36. The summed E-state index contributed by atoms with van der Waals surface area (Å²) in [6.45, 7) is 2.70. The lowest BCUT2D eigenvalue weighted by atomic mass is 10.0. The van der Waals surface area contributed by atoms with E-state index >= 15 is 0 Å². The molecule has 0 radical (unpaired) electrons. The van der Waals surface area contributed by atoms with E-state index in [0.717, 1.165) is 35.6 Å². The van der Waals surface area contributed by atoms with Crippen molar-refractivity contribution in [2.75, 3.05) is 13.7 Å². The number of hydrogen-bond donors (Lipinski definition) is 1. The summed E-state index contributed by atoms with van der Waals surface area (Å²) in [5.74, 6) is 1.73. The Morgan fingerprint density at radius 3 is 2.94 bits per heavy atom. The molecule has 1 aromatic carbocycles. The molecule has 2 aromatic rings. The van der Waals surface area contributed by atoms with E-state index in [4.69, 9.17) is 14.9 Å². The quantitative estimate of drug-likeness (QED) is 0.864. The number of benzene rings is 1. The Balaban J connectivity index is 2.36. The molecular weight excluding hydrogens is 216 g/mol. The Labute approximate surface area is 101 Å². The number of ether oxygens (including phenoxy) is 1. The molecule has 0 amide bonds. The second-order valence-corrected chi connectivity index (χ2v) is 4.11. The van der Waals surface area contributed by atoms with Crippen molar-refractivity contribution < 1.29 is 9.15 Å². The van der Waals surface area contributed by atoms with Gasteiger partial charge in [0, 0.05) is 18.5 Å². The predicted octanol–water partition coefficient (Wildman–Crippen LogP) is 2.68. The summed E-state index contributed by atoms with van der Waals surface area (Å²) in [5, 5.41) is 0. The van der Waals surface area contributed by atoms with Crippen molar-refractivity contribution in [2.24, 2.45) is 5.73 Å². The van der Waals surface area contributed by atoms with E-state index in [-0.39, 0.29) is 5.92 Å². The van der Waals surface area contributed by atoms with Crippen LogP contribution in [0, 0.1) is 0 Å². The number of rotatable bonds is 5. The zero-order valence-electron chi connectivity index (χ0n) is 10.3. The van der Waals surface area contributed by atoms with Crippen LogP contribution in [0.25, 0.3) is 11.1 Å². The summed E-state index contributed by atoms with van der Waals surface area (Å²) in [6.07, 6.45) is 2.07. The predicted molar refractivity (Wildman–Crippen MR) is 67.3 cm³/mol. The number of aromatic nitrogens is 1. The van der Waals surface area contributed by atoms with E-state index < -0.39 is 0 Å². The summed E-state index contributed by atoms with van der Waals surface area (Å²) in [7, 11) is 1.64. The fourth-order valence-corrected chi connectivity index (χ4v) is 1.92. The van der Waals surface area contributed by atoms with Crippen LogP contribution < -0.4 is 10.5 Å². The van der Waals surface area contributed by atoms with Gasteiger partial charge in [0.15, 0.2) is 11.5 Å². The minimum Gasteiger partial charge on any atom is -0.497 e. The minimum atomic E-state index is 0.207. The highest BCUT2D eigenvalue weighted by Crippen LogP contribution is 2.26. The van der Waals surface area contributed by atoms with Crippen molar-refractivity contribution in [3.63, 3.8) is 0 Å². The van der Waals surface area contributed by atoms with Crippen LogP contribution in [0.1, 0.15) is 31.6 Å². The monoisotopic (exact) mass is 234 g/mol. The summed E-state index contributed by atoms with van der Waals surface area (Å²) in [6, 6.07) is 5.63. The second kappa shape index (κ2) is 5.19. The first-order valence-electron chi connectivity index (χ1n) is 5.93. The first kappa shape index (κ1) is 11.9. The van der Waals surface area contributed by atoms with E-state index in [1.54, 1.807) is 7.11 Å². The number of oxazole rings is 1. The summed E-state index contributed by atoms with van der Waals surface area (Å²) >= 11 is 0. The molecule has 0 saturated carbocycles. The van der Waals surface area contributed by atoms with Gasteiger partial charge in [0.2, 0.25) is 0 Å². The van der Waals surface area contributed by atoms with Gasteiger partial charge in [-0.25, -0.2) is 4.98 Å². The van der Waals surface area contributed by atoms with Crippen molar-refractivity contribution in [1.82, 2.24) is 4.98 Å². The molecule has 1 heterocycles. The van der Waals surface area contributed by atoms with Crippen LogP contribution in [0.15, 0.2) is 22.6 Å². The number of methoxy groups -OCH3 is 1. The molecule has 0 aliphatic heterocycles. The first-order chi connectivity index (χ1) is 8.28. The molecule has 0 bridgehead atoms. The largest absolute Gasteiger partial charge is 0.497 e. The average Bonchev–Trinajstić information content (AvgIpc) is 2.78. The van der Waals surface area contributed by atoms with E-state index in [2.05, 4.69) is 11.9 Å². The van der Waals surface area contributed by atoms with Crippen LogP contribution in [0.4, 0.5) is 0 Å². The molecule has 2 N–H and O–H groups in total. The highest BCUT2D eigenvalue weighted by molar-refractivity contribution is 5.74. The third kappa shape index (κ3) is 2.42. The van der Waals surface area contributed by atoms with Crippen molar-refractivity contribution in [2.45, 2.75) is 25.7 Å². The molecule has 1 aromatic heterocycles. The van der Waals surface area contributed by atoms with Gasteiger partial charge >= 0.3 is 0 Å². The van der Waals surface area contributed by atoms with Gasteiger partial charge in [-0.15, -0.1) is 0 Å². The lowest BCUT2D eigenvalue weighted by Crippen LogP contribution is -2.12. The highest BCUT2D eigenvalue weighted by Gasteiger charge is 2.16. The smallest absolute Gasteiger partial charge is 0.199 e. The zero-order valence-corrected chi connectivity index (χ0v) is 10.3. The van der Waals surface area contributed by atoms with Crippen molar-refractivity contribution in [1.29, 1.82) is 0 Å². The lowest BCUT2D eigenvalue weighted by molar-refractivity contribution is 0.415. The van der Waals surface area contributed by atoms with Crippen LogP contribution in [-0.2, 0) is 0 Å². The highest BCUT2D eigenvalue weighted by atomic mass is 16.5. The standard InChI is InChI=1S/C13H18N2O2/c1-3-4-9(8-14)13-15-11-7-10(16-2)5-6-12(11)17-13/h5-7,9H,3-4,8,14H2,1-2H3. The Morgan fingerprint density at radius 2 is 2.29 bits per heavy atom. The SMILES string of the molecule is CCCC(CN)c1nc2cc(OC)ccc2o1. The fourth-order valence-electron chi connectivity index (χ4n) is 1.92. The fraction of sp³-hybridized carbons (Fsp3) is 0.462. The normalized spacial score (nSPS) is 12.9. The van der Waals surface area contributed by atoms with E-state index in [1.165, 1.54) is 0 Å². The van der Waals surface area contributed by atoms with Gasteiger partial charge in [-0.1, -0.05) is 13.3 Å². The molecule has 4 heteroatoms. The van der Waals surface area contributed by atoms with Gasteiger partial charge in [0.25, 0.3) is 0 Å². The second-order valence-electron chi connectivity index (χ2n) is 4.11. The molecule has 0 aliphatic carbocycles. The van der Waals surface area contributed by atoms with Gasteiger partial charge in [0.05, 0.1) is 7.11 Å². The Hall–Kier alpha value is -1.55. The topological polar surface area (TPSA) is 61.3 Å². The van der Waals surface area contributed by atoms with Gasteiger partial charge in [-0.2, -0.15) is 0 Å². The van der Waals surface area contributed by atoms with E-state index in [1.807, 2.05) is 18.2 Å². The van der Waals surface area contributed by atoms with Crippen LogP contribution >= 0.6 is 0 Å². The number of nitrogens with two attached hydrogens (primary N) is 1. The molecular formula is C13H18N2O2. The molecule has 0 fully saturated rings. The molecule has 2 rings (SSSR count).